The van der Waals surface area contributed by atoms with Crippen LogP contribution in [-0.4, -0.2) is 5.75 Å². The van der Waals surface area contributed by atoms with Crippen molar-refractivity contribution in [3.05, 3.63) is 51.2 Å². The number of hydrazine groups is 1. The fraction of sp³-hybridized carbons (Fsp3) is 0.0909. The molecule has 0 fully saturated rings. The second-order valence-corrected chi connectivity index (χ2v) is 5.40. The summed E-state index contributed by atoms with van der Waals surface area (Å²) in [6.07, 6.45) is 0. The van der Waals surface area contributed by atoms with Gasteiger partial charge in [0.15, 0.2) is 0 Å². The fourth-order valence-corrected chi connectivity index (χ4v) is 2.95. The molecule has 2 aliphatic heterocycles. The van der Waals surface area contributed by atoms with Gasteiger partial charge in [0.1, 0.15) is 5.82 Å². The minimum Gasteiger partial charge on any atom is -0.383 e. The van der Waals surface area contributed by atoms with E-state index in [9.17, 15) is 0 Å². The molecule has 1 aromatic rings. The highest BCUT2D eigenvalue weighted by atomic mass is 79.9. The second kappa shape index (κ2) is 3.75. The lowest BCUT2D eigenvalue weighted by Crippen LogP contribution is -2.33. The van der Waals surface area contributed by atoms with Crippen LogP contribution < -0.4 is 16.2 Å². The highest BCUT2D eigenvalue weighted by molar-refractivity contribution is 9.10. The summed E-state index contributed by atoms with van der Waals surface area (Å²) in [5.74, 6) is 1.76. The second-order valence-electron chi connectivity index (χ2n) is 3.63. The van der Waals surface area contributed by atoms with Crippen LogP contribution in [0.5, 0.6) is 0 Å². The lowest BCUT2D eigenvalue weighted by atomic mass is 10.2. The van der Waals surface area contributed by atoms with Gasteiger partial charge in [-0.05, 0) is 29.7 Å². The van der Waals surface area contributed by atoms with Gasteiger partial charge in [0, 0.05) is 15.8 Å². The zero-order valence-corrected chi connectivity index (χ0v) is 10.8. The van der Waals surface area contributed by atoms with Crippen molar-refractivity contribution >= 4 is 33.4 Å². The van der Waals surface area contributed by atoms with E-state index in [4.69, 9.17) is 5.73 Å². The third-order valence-electron chi connectivity index (χ3n) is 2.62. The van der Waals surface area contributed by atoms with E-state index in [1.54, 1.807) is 11.8 Å². The number of nitrogens with two attached hydrogens (primary N) is 1. The van der Waals surface area contributed by atoms with Crippen LogP contribution in [0.3, 0.4) is 0 Å². The van der Waals surface area contributed by atoms with E-state index in [0.29, 0.717) is 0 Å². The van der Waals surface area contributed by atoms with Gasteiger partial charge in [0.05, 0.1) is 11.4 Å². The Bertz CT molecular complexity index is 492. The monoisotopic (exact) mass is 295 g/mol. The molecule has 0 radical (unpaired) electrons. The number of nitrogens with zero attached hydrogens (tertiary/aromatic N) is 1. The molecule has 82 valence electrons. The molecule has 0 aliphatic carbocycles. The van der Waals surface area contributed by atoms with Crippen molar-refractivity contribution in [1.82, 2.24) is 5.43 Å². The lowest BCUT2D eigenvalue weighted by Gasteiger charge is -2.20. The standard InChI is InChI=1S/C11H10BrN3S/c12-7-1-3-8(4-2-7)15-11(13)9-5-16-6-10(9)14-15/h1-4,6,14H,5,13H2. The van der Waals surface area contributed by atoms with Crippen molar-refractivity contribution in [3.63, 3.8) is 0 Å². The number of hydrogen-bond acceptors (Lipinski definition) is 4. The van der Waals surface area contributed by atoms with Crippen LogP contribution >= 0.6 is 27.7 Å². The molecule has 0 amide bonds. The minimum atomic E-state index is 0.804. The van der Waals surface area contributed by atoms with Gasteiger partial charge in [0.25, 0.3) is 0 Å². The largest absolute Gasteiger partial charge is 0.383 e. The maximum atomic E-state index is 6.11. The molecule has 0 aromatic heterocycles. The summed E-state index contributed by atoms with van der Waals surface area (Å²) in [6, 6.07) is 8.07. The Hall–Kier alpha value is -1.07. The molecular weight excluding hydrogens is 286 g/mol. The van der Waals surface area contributed by atoms with Crippen molar-refractivity contribution in [1.29, 1.82) is 0 Å². The molecule has 0 atom stereocenters. The van der Waals surface area contributed by atoms with Crippen LogP contribution in [0.15, 0.2) is 51.2 Å². The van der Waals surface area contributed by atoms with Gasteiger partial charge in [-0.1, -0.05) is 15.9 Å². The Morgan fingerprint density at radius 3 is 2.75 bits per heavy atom. The average molecular weight is 296 g/mol. The first-order chi connectivity index (χ1) is 7.75. The predicted octanol–water partition coefficient (Wildman–Crippen LogP) is 2.53. The molecule has 2 aliphatic rings. The summed E-state index contributed by atoms with van der Waals surface area (Å²) in [5, 5.41) is 4.04. The normalized spacial score (nSPS) is 18.6. The van der Waals surface area contributed by atoms with Crippen LogP contribution in [0, 0.1) is 0 Å². The Labute approximate surface area is 106 Å². The van der Waals surface area contributed by atoms with Crippen molar-refractivity contribution in [2.75, 3.05) is 10.8 Å². The predicted molar refractivity (Wildman–Crippen MR) is 71.5 cm³/mol. The number of thioether (sulfide) groups is 1. The van der Waals surface area contributed by atoms with Crippen LogP contribution in [0.1, 0.15) is 0 Å². The fourth-order valence-electron chi connectivity index (χ4n) is 1.77. The first-order valence-electron chi connectivity index (χ1n) is 4.89. The van der Waals surface area contributed by atoms with Gasteiger partial charge in [-0.3, -0.25) is 5.43 Å². The summed E-state index contributed by atoms with van der Waals surface area (Å²) >= 11 is 5.19. The van der Waals surface area contributed by atoms with E-state index in [-0.39, 0.29) is 0 Å². The molecule has 0 unspecified atom stereocenters. The molecule has 0 bridgehead atoms. The van der Waals surface area contributed by atoms with E-state index in [0.717, 1.165) is 27.4 Å². The molecule has 0 saturated heterocycles. The number of fused-ring (bicyclic) bond motifs is 1. The van der Waals surface area contributed by atoms with Crippen molar-refractivity contribution in [2.45, 2.75) is 0 Å². The van der Waals surface area contributed by atoms with Crippen LogP contribution in [0.25, 0.3) is 0 Å². The SMILES string of the molecule is NC1=C2CSC=C2NN1c1ccc(Br)cc1. The summed E-state index contributed by atoms with van der Waals surface area (Å²) < 4.78 is 1.07. The number of anilines is 1. The Kier molecular flexibility index (Phi) is 2.37. The maximum Gasteiger partial charge on any atom is 0.129 e. The van der Waals surface area contributed by atoms with Crippen LogP contribution in [0.4, 0.5) is 5.69 Å². The molecular formula is C11H10BrN3S. The zero-order valence-electron chi connectivity index (χ0n) is 8.40. The number of hydrogen-bond donors (Lipinski definition) is 2. The van der Waals surface area contributed by atoms with Gasteiger partial charge >= 0.3 is 0 Å². The number of nitrogens with one attached hydrogen (secondary N) is 1. The highest BCUT2D eigenvalue weighted by Gasteiger charge is 2.28. The molecule has 3 N–H and O–H groups in total. The lowest BCUT2D eigenvalue weighted by molar-refractivity contribution is 0.844. The molecule has 3 rings (SSSR count). The van der Waals surface area contributed by atoms with E-state index in [1.165, 1.54) is 5.57 Å². The summed E-state index contributed by atoms with van der Waals surface area (Å²) in [6.45, 7) is 0. The molecule has 16 heavy (non-hydrogen) atoms. The Morgan fingerprint density at radius 1 is 1.31 bits per heavy atom. The molecule has 5 heteroatoms. The Morgan fingerprint density at radius 2 is 2.06 bits per heavy atom. The number of rotatable bonds is 1. The molecule has 0 spiro atoms. The minimum absolute atomic E-state index is 0.804. The van der Waals surface area contributed by atoms with Gasteiger partial charge in [-0.15, -0.1) is 11.8 Å². The van der Waals surface area contributed by atoms with Crippen molar-refractivity contribution in [3.8, 4) is 0 Å². The first kappa shape index (κ1) is 10.1. The van der Waals surface area contributed by atoms with Crippen molar-refractivity contribution < 1.29 is 0 Å². The Balaban J connectivity index is 1.96. The average Bonchev–Trinajstić information content (AvgIpc) is 2.84. The third kappa shape index (κ3) is 1.51. The summed E-state index contributed by atoms with van der Waals surface area (Å²) in [7, 11) is 0. The molecule has 3 nitrogen and oxygen atoms in total. The maximum absolute atomic E-state index is 6.11. The van der Waals surface area contributed by atoms with Gasteiger partial charge in [0.2, 0.25) is 0 Å². The summed E-state index contributed by atoms with van der Waals surface area (Å²) in [4.78, 5) is 0. The van der Waals surface area contributed by atoms with Gasteiger partial charge < -0.3 is 5.73 Å². The van der Waals surface area contributed by atoms with E-state index < -0.39 is 0 Å². The smallest absolute Gasteiger partial charge is 0.129 e. The van der Waals surface area contributed by atoms with E-state index in [2.05, 4.69) is 26.8 Å². The molecule has 0 saturated carbocycles. The third-order valence-corrected chi connectivity index (χ3v) is 4.01. The first-order valence-corrected chi connectivity index (χ1v) is 6.73. The number of benzene rings is 1. The zero-order chi connectivity index (χ0) is 11.1. The summed E-state index contributed by atoms with van der Waals surface area (Å²) in [5.41, 5.74) is 12.8. The molecule has 2 heterocycles. The van der Waals surface area contributed by atoms with E-state index >= 15 is 0 Å². The van der Waals surface area contributed by atoms with Gasteiger partial charge in [-0.2, -0.15) is 0 Å². The quantitative estimate of drug-likeness (QED) is 0.835. The highest BCUT2D eigenvalue weighted by Crippen LogP contribution is 2.34. The van der Waals surface area contributed by atoms with E-state index in [1.807, 2.05) is 29.3 Å². The molecule has 1 aromatic carbocycles. The van der Waals surface area contributed by atoms with Crippen LogP contribution in [0.2, 0.25) is 0 Å². The number of halogens is 1. The topological polar surface area (TPSA) is 41.3 Å². The van der Waals surface area contributed by atoms with Gasteiger partial charge in [-0.25, -0.2) is 5.01 Å². The van der Waals surface area contributed by atoms with Crippen LogP contribution in [-0.2, 0) is 0 Å². The van der Waals surface area contributed by atoms with Crippen molar-refractivity contribution in [2.24, 2.45) is 5.73 Å². The number of allylic oxidation sites excluding steroid dienone is 1.